The fourth-order valence-corrected chi connectivity index (χ4v) is 3.72. The van der Waals surface area contributed by atoms with Crippen LogP contribution in [0.3, 0.4) is 0 Å². The van der Waals surface area contributed by atoms with Crippen molar-refractivity contribution < 1.29 is 14.3 Å². The van der Waals surface area contributed by atoms with Gasteiger partial charge in [-0.1, -0.05) is 18.2 Å². The van der Waals surface area contributed by atoms with Crippen molar-refractivity contribution in [1.82, 2.24) is 14.8 Å². The summed E-state index contributed by atoms with van der Waals surface area (Å²) in [7, 11) is 3.18. The van der Waals surface area contributed by atoms with Crippen molar-refractivity contribution in [2.45, 2.75) is 20.8 Å². The molecule has 0 aliphatic rings. The van der Waals surface area contributed by atoms with Gasteiger partial charge in [-0.05, 0) is 62.2 Å². The molecule has 0 saturated carbocycles. The lowest BCUT2D eigenvalue weighted by Crippen LogP contribution is -2.13. The number of rotatable bonds is 6. The zero-order valence-electron chi connectivity index (χ0n) is 19.3. The first-order valence-corrected chi connectivity index (χ1v) is 10.5. The molecule has 2 aromatic carbocycles. The Morgan fingerprint density at radius 1 is 1.00 bits per heavy atom. The topological polar surface area (TPSA) is 78.3 Å². The van der Waals surface area contributed by atoms with Gasteiger partial charge in [0.1, 0.15) is 17.3 Å². The summed E-state index contributed by atoms with van der Waals surface area (Å²) in [5, 5.41) is 8.57. The van der Waals surface area contributed by atoms with Crippen molar-refractivity contribution in [3.63, 3.8) is 0 Å². The number of pyridine rings is 1. The van der Waals surface area contributed by atoms with Gasteiger partial charge in [-0.15, -0.1) is 0 Å². The molecule has 7 nitrogen and oxygen atoms in total. The number of amides is 1. The van der Waals surface area contributed by atoms with Crippen molar-refractivity contribution in [2.75, 3.05) is 19.5 Å². The van der Waals surface area contributed by atoms with Crippen molar-refractivity contribution in [3.8, 4) is 17.3 Å². The number of benzene rings is 2. The van der Waals surface area contributed by atoms with Crippen molar-refractivity contribution in [2.24, 2.45) is 0 Å². The summed E-state index contributed by atoms with van der Waals surface area (Å²) >= 11 is 0. The molecule has 7 heteroatoms. The maximum atomic E-state index is 12.7. The molecule has 2 heterocycles. The summed E-state index contributed by atoms with van der Waals surface area (Å²) < 4.78 is 12.3. The third kappa shape index (κ3) is 4.57. The fourth-order valence-electron chi connectivity index (χ4n) is 3.72. The SMILES string of the molecule is COc1ccc(OC)c(/C=C/C(=O)Nc2cc(C)nn2-c2cc(C)c3cccc(C)c3n2)c1. The van der Waals surface area contributed by atoms with E-state index in [9.17, 15) is 4.79 Å². The molecule has 0 unspecified atom stereocenters. The minimum atomic E-state index is -0.297. The van der Waals surface area contributed by atoms with Crippen LogP contribution < -0.4 is 14.8 Å². The smallest absolute Gasteiger partial charge is 0.249 e. The van der Waals surface area contributed by atoms with Gasteiger partial charge in [0.15, 0.2) is 5.82 Å². The maximum Gasteiger partial charge on any atom is 0.249 e. The second-order valence-electron chi connectivity index (χ2n) is 7.78. The highest BCUT2D eigenvalue weighted by Crippen LogP contribution is 2.26. The second-order valence-corrected chi connectivity index (χ2v) is 7.78. The van der Waals surface area contributed by atoms with Gasteiger partial charge in [-0.25, -0.2) is 4.98 Å². The number of carbonyl (C=O) groups excluding carboxylic acids is 1. The zero-order valence-corrected chi connectivity index (χ0v) is 19.3. The molecule has 0 spiro atoms. The Morgan fingerprint density at radius 2 is 1.82 bits per heavy atom. The second kappa shape index (κ2) is 9.16. The van der Waals surface area contributed by atoms with Crippen LogP contribution in [0.15, 0.2) is 54.6 Å². The summed E-state index contributed by atoms with van der Waals surface area (Å²) in [6, 6.07) is 15.3. The Kier molecular flexibility index (Phi) is 6.13. The Bertz CT molecular complexity index is 1370. The number of fused-ring (bicyclic) bond motifs is 1. The van der Waals surface area contributed by atoms with E-state index in [1.807, 2.05) is 45.0 Å². The quantitative estimate of drug-likeness (QED) is 0.425. The number of nitrogens with zero attached hydrogens (tertiary/aromatic N) is 3. The maximum absolute atomic E-state index is 12.7. The average Bonchev–Trinajstić information content (AvgIpc) is 3.17. The van der Waals surface area contributed by atoms with E-state index in [0.29, 0.717) is 23.1 Å². The number of anilines is 1. The molecular weight excluding hydrogens is 416 g/mol. The summed E-state index contributed by atoms with van der Waals surface area (Å²) in [6.07, 6.45) is 3.14. The molecule has 0 aliphatic heterocycles. The normalized spacial score (nSPS) is 11.2. The number of nitrogens with one attached hydrogen (secondary N) is 1. The monoisotopic (exact) mass is 442 g/mol. The number of aryl methyl sites for hydroxylation is 3. The van der Waals surface area contributed by atoms with Crippen LogP contribution in [0.4, 0.5) is 5.82 Å². The first kappa shape index (κ1) is 22.1. The lowest BCUT2D eigenvalue weighted by molar-refractivity contribution is -0.111. The molecule has 0 saturated heterocycles. The van der Waals surface area contributed by atoms with Crippen LogP contribution in [0, 0.1) is 20.8 Å². The molecule has 2 aromatic heterocycles. The lowest BCUT2D eigenvalue weighted by Gasteiger charge is -2.11. The fraction of sp³-hybridized carbons (Fsp3) is 0.192. The predicted molar refractivity (Wildman–Crippen MR) is 130 cm³/mol. The van der Waals surface area contributed by atoms with Crippen LogP contribution in [-0.4, -0.2) is 34.9 Å². The summed E-state index contributed by atoms with van der Waals surface area (Å²) in [4.78, 5) is 17.6. The van der Waals surface area contributed by atoms with Crippen LogP contribution in [0.2, 0.25) is 0 Å². The van der Waals surface area contributed by atoms with E-state index < -0.39 is 0 Å². The largest absolute Gasteiger partial charge is 0.497 e. The molecule has 0 atom stereocenters. The molecule has 0 radical (unpaired) electrons. The first-order valence-electron chi connectivity index (χ1n) is 10.5. The zero-order chi connectivity index (χ0) is 23.5. The third-order valence-electron chi connectivity index (χ3n) is 5.39. The van der Waals surface area contributed by atoms with E-state index in [2.05, 4.69) is 16.5 Å². The van der Waals surface area contributed by atoms with E-state index in [-0.39, 0.29) is 5.91 Å². The minimum absolute atomic E-state index is 0.297. The first-order chi connectivity index (χ1) is 15.9. The molecule has 1 amide bonds. The lowest BCUT2D eigenvalue weighted by atomic mass is 10.1. The number of aromatic nitrogens is 3. The van der Waals surface area contributed by atoms with Gasteiger partial charge in [0.05, 0.1) is 25.4 Å². The highest BCUT2D eigenvalue weighted by molar-refractivity contribution is 6.02. The third-order valence-corrected chi connectivity index (χ3v) is 5.39. The molecule has 33 heavy (non-hydrogen) atoms. The summed E-state index contributed by atoms with van der Waals surface area (Å²) in [5.74, 6) is 2.22. The van der Waals surface area contributed by atoms with Crippen molar-refractivity contribution in [3.05, 3.63) is 77.0 Å². The average molecular weight is 443 g/mol. The van der Waals surface area contributed by atoms with Crippen molar-refractivity contribution >= 4 is 28.7 Å². The molecule has 168 valence electrons. The van der Waals surface area contributed by atoms with Gasteiger partial charge >= 0.3 is 0 Å². The van der Waals surface area contributed by atoms with Gasteiger partial charge in [0.2, 0.25) is 5.91 Å². The van der Waals surface area contributed by atoms with Crippen LogP contribution in [-0.2, 0) is 4.79 Å². The molecule has 4 aromatic rings. The van der Waals surface area contributed by atoms with Gasteiger partial charge < -0.3 is 14.8 Å². The molecule has 4 rings (SSSR count). The number of methoxy groups -OCH3 is 2. The van der Waals surface area contributed by atoms with Gasteiger partial charge in [0.25, 0.3) is 0 Å². The van der Waals surface area contributed by atoms with Crippen LogP contribution in [0.25, 0.3) is 22.8 Å². The molecule has 0 bridgehead atoms. The van der Waals surface area contributed by atoms with E-state index in [1.165, 1.54) is 6.08 Å². The molecule has 0 fully saturated rings. The number of carbonyl (C=O) groups is 1. The molecular formula is C26H26N4O3. The number of hydrogen-bond acceptors (Lipinski definition) is 5. The van der Waals surface area contributed by atoms with E-state index >= 15 is 0 Å². The highest BCUT2D eigenvalue weighted by atomic mass is 16.5. The van der Waals surface area contributed by atoms with Gasteiger partial charge in [-0.2, -0.15) is 9.78 Å². The van der Waals surface area contributed by atoms with E-state index in [1.54, 1.807) is 43.2 Å². The standard InChI is InChI=1S/C26H26N4O3/c1-16-7-6-8-21-17(2)13-23(28-26(16)21)30-24(14-18(3)29-30)27-25(31)12-9-19-15-20(32-4)10-11-22(19)33-5/h6-15H,1-5H3,(H,27,31)/b12-9+. The van der Waals surface area contributed by atoms with Crippen LogP contribution in [0.5, 0.6) is 11.5 Å². The van der Waals surface area contributed by atoms with Crippen molar-refractivity contribution in [1.29, 1.82) is 0 Å². The Hall–Kier alpha value is -4.13. The summed E-state index contributed by atoms with van der Waals surface area (Å²) in [5.41, 5.74) is 4.60. The van der Waals surface area contributed by atoms with E-state index in [4.69, 9.17) is 14.5 Å². The van der Waals surface area contributed by atoms with Crippen LogP contribution in [0.1, 0.15) is 22.4 Å². The molecule has 1 N–H and O–H groups in total. The minimum Gasteiger partial charge on any atom is -0.497 e. The highest BCUT2D eigenvalue weighted by Gasteiger charge is 2.13. The summed E-state index contributed by atoms with van der Waals surface area (Å²) in [6.45, 7) is 5.96. The van der Waals surface area contributed by atoms with Gasteiger partial charge in [0, 0.05) is 23.1 Å². The number of hydrogen-bond donors (Lipinski definition) is 1. The van der Waals surface area contributed by atoms with E-state index in [0.717, 1.165) is 33.3 Å². The number of ether oxygens (including phenoxy) is 2. The predicted octanol–water partition coefficient (Wildman–Crippen LogP) is 5.01. The van der Waals surface area contributed by atoms with Gasteiger partial charge in [-0.3, -0.25) is 4.79 Å². The Balaban J connectivity index is 1.64. The Morgan fingerprint density at radius 3 is 2.58 bits per heavy atom. The Labute approximate surface area is 192 Å². The van der Waals surface area contributed by atoms with Crippen LogP contribution >= 0.6 is 0 Å². The number of para-hydroxylation sites is 1. The molecule has 0 aliphatic carbocycles.